The van der Waals surface area contributed by atoms with Gasteiger partial charge in [-0.3, -0.25) is 9.59 Å². The van der Waals surface area contributed by atoms with E-state index < -0.39 is 23.4 Å². The van der Waals surface area contributed by atoms with Crippen LogP contribution in [-0.4, -0.2) is 62.0 Å². The molecule has 0 aromatic heterocycles. The highest BCUT2D eigenvalue weighted by atomic mass is 19.1. The van der Waals surface area contributed by atoms with Crippen molar-refractivity contribution in [2.45, 2.75) is 44.8 Å². The van der Waals surface area contributed by atoms with Crippen LogP contribution < -0.4 is 20.1 Å². The van der Waals surface area contributed by atoms with Crippen LogP contribution in [0.15, 0.2) is 24.3 Å². The van der Waals surface area contributed by atoms with E-state index in [0.29, 0.717) is 67.2 Å². The van der Waals surface area contributed by atoms with Crippen LogP contribution in [-0.2, 0) is 17.6 Å². The normalized spacial score (nSPS) is 21.1. The maximum absolute atomic E-state index is 14.7. The molecule has 188 valence electrons. The lowest BCUT2D eigenvalue weighted by Crippen LogP contribution is -2.58. The molecule has 2 heterocycles. The number of ether oxygens (including phenoxy) is 3. The van der Waals surface area contributed by atoms with Crippen LogP contribution in [0.1, 0.15) is 57.7 Å². The van der Waals surface area contributed by atoms with E-state index in [9.17, 15) is 19.1 Å². The molecule has 0 bridgehead atoms. The Morgan fingerprint density at radius 1 is 1.23 bits per heavy atom. The molecule has 8 nitrogen and oxygen atoms in total. The second-order valence-electron chi connectivity index (χ2n) is 9.09. The van der Waals surface area contributed by atoms with Crippen LogP contribution in [0, 0.1) is 5.82 Å². The summed E-state index contributed by atoms with van der Waals surface area (Å²) in [6.07, 6.45) is 0.507. The van der Waals surface area contributed by atoms with Crippen molar-refractivity contribution in [3.63, 3.8) is 0 Å². The van der Waals surface area contributed by atoms with E-state index in [1.807, 2.05) is 0 Å². The van der Waals surface area contributed by atoms with Crippen molar-refractivity contribution >= 4 is 11.8 Å². The van der Waals surface area contributed by atoms with Crippen molar-refractivity contribution in [3.8, 4) is 11.5 Å². The first-order valence-electron chi connectivity index (χ1n) is 11.8. The number of methoxy groups -OCH3 is 1. The zero-order valence-electron chi connectivity index (χ0n) is 20.2. The van der Waals surface area contributed by atoms with Gasteiger partial charge in [0.2, 0.25) is 0 Å². The molecule has 9 heteroatoms. The summed E-state index contributed by atoms with van der Waals surface area (Å²) in [5.41, 5.74) is 1.60. The predicted molar refractivity (Wildman–Crippen MR) is 127 cm³/mol. The fourth-order valence-corrected chi connectivity index (χ4v) is 4.59. The van der Waals surface area contributed by atoms with Gasteiger partial charge in [-0.05, 0) is 49.6 Å². The Morgan fingerprint density at radius 3 is 2.71 bits per heavy atom. The topological polar surface area (TPSA) is 106 Å². The fraction of sp³-hybridized carbons (Fsp3) is 0.462. The van der Waals surface area contributed by atoms with Gasteiger partial charge in [0.25, 0.3) is 11.8 Å². The monoisotopic (exact) mass is 486 g/mol. The lowest BCUT2D eigenvalue weighted by atomic mass is 9.88. The third-order valence-electron chi connectivity index (χ3n) is 6.64. The van der Waals surface area contributed by atoms with Gasteiger partial charge in [-0.15, -0.1) is 0 Å². The van der Waals surface area contributed by atoms with Gasteiger partial charge in [-0.25, -0.2) is 4.39 Å². The number of amides is 2. The van der Waals surface area contributed by atoms with Crippen LogP contribution in [0.5, 0.6) is 11.5 Å². The summed E-state index contributed by atoms with van der Waals surface area (Å²) in [7, 11) is 1.50. The highest BCUT2D eigenvalue weighted by Gasteiger charge is 2.39. The minimum atomic E-state index is -0.839. The third kappa shape index (κ3) is 4.97. The maximum atomic E-state index is 14.7. The predicted octanol–water partition coefficient (Wildman–Crippen LogP) is 2.38. The summed E-state index contributed by atoms with van der Waals surface area (Å²) in [6, 6.07) is 6.18. The van der Waals surface area contributed by atoms with Crippen molar-refractivity contribution in [3.05, 3.63) is 57.9 Å². The summed E-state index contributed by atoms with van der Waals surface area (Å²) in [4.78, 5) is 25.4. The fourth-order valence-electron chi connectivity index (χ4n) is 4.59. The average Bonchev–Trinajstić information content (AvgIpc) is 3.31. The number of aliphatic hydroxyl groups excluding tert-OH is 1. The summed E-state index contributed by atoms with van der Waals surface area (Å²) in [6.45, 7) is 5.00. The maximum Gasteiger partial charge on any atom is 0.255 e. The molecule has 2 aromatic rings. The van der Waals surface area contributed by atoms with Gasteiger partial charge < -0.3 is 30.0 Å². The van der Waals surface area contributed by atoms with E-state index in [1.165, 1.54) is 19.2 Å². The molecule has 3 N–H and O–H groups in total. The quantitative estimate of drug-likeness (QED) is 0.555. The SMILES string of the molecule is CCNC(=O)c1ccc(Cc2cc(C(=O)N[C@]3(C)CCOC[C@@H]3O)c(OC)c3c2OCC3)cc1F. The van der Waals surface area contributed by atoms with Gasteiger partial charge in [0.15, 0.2) is 0 Å². The van der Waals surface area contributed by atoms with Crippen LogP contribution in [0.3, 0.4) is 0 Å². The molecular weight excluding hydrogens is 455 g/mol. The van der Waals surface area contributed by atoms with Crippen LogP contribution in [0.2, 0.25) is 0 Å². The molecular formula is C26H31FN2O6. The van der Waals surface area contributed by atoms with Crippen molar-refractivity contribution in [1.29, 1.82) is 0 Å². The van der Waals surface area contributed by atoms with Gasteiger partial charge in [-0.2, -0.15) is 0 Å². The number of rotatable bonds is 7. The Bertz CT molecular complexity index is 1140. The van der Waals surface area contributed by atoms with Crippen molar-refractivity contribution in [2.24, 2.45) is 0 Å². The standard InChI is InChI=1S/C26H31FN2O6/c1-4-28-24(31)17-6-5-15(12-20(17)27)11-16-13-19(23(33-3)18-7-9-35-22(16)18)25(32)29-26(2)8-10-34-14-21(26)30/h5-6,12-13,21,30H,4,7-11,14H2,1-3H3,(H,28,31)(H,29,32)/t21-,26+/m0/s1. The first-order valence-corrected chi connectivity index (χ1v) is 11.8. The molecule has 2 amide bonds. The molecule has 0 unspecified atom stereocenters. The molecule has 35 heavy (non-hydrogen) atoms. The van der Waals surface area contributed by atoms with Gasteiger partial charge in [0.05, 0.1) is 37.0 Å². The minimum absolute atomic E-state index is 0.0184. The summed E-state index contributed by atoms with van der Waals surface area (Å²) in [5, 5.41) is 16.0. The van der Waals surface area contributed by atoms with Crippen molar-refractivity contribution in [2.75, 3.05) is 33.5 Å². The number of aliphatic hydroxyl groups is 1. The van der Waals surface area contributed by atoms with Gasteiger partial charge in [0, 0.05) is 31.6 Å². The molecule has 1 saturated heterocycles. The Kier molecular flexibility index (Phi) is 7.28. The first kappa shape index (κ1) is 24.9. The molecule has 0 aliphatic carbocycles. The number of hydrogen-bond donors (Lipinski definition) is 3. The van der Waals surface area contributed by atoms with E-state index in [1.54, 1.807) is 26.0 Å². The molecule has 2 atom stereocenters. The lowest BCUT2D eigenvalue weighted by molar-refractivity contribution is -0.0610. The highest BCUT2D eigenvalue weighted by Crippen LogP contribution is 2.41. The lowest BCUT2D eigenvalue weighted by Gasteiger charge is -2.39. The van der Waals surface area contributed by atoms with E-state index in [4.69, 9.17) is 14.2 Å². The summed E-state index contributed by atoms with van der Waals surface area (Å²) in [5.74, 6) is -0.392. The van der Waals surface area contributed by atoms with Crippen LogP contribution in [0.4, 0.5) is 4.39 Å². The third-order valence-corrected chi connectivity index (χ3v) is 6.64. The average molecular weight is 487 g/mol. The zero-order valence-corrected chi connectivity index (χ0v) is 20.2. The number of carbonyl (C=O) groups is 2. The van der Waals surface area contributed by atoms with Gasteiger partial charge in [0.1, 0.15) is 23.4 Å². The summed E-state index contributed by atoms with van der Waals surface area (Å²) >= 11 is 0. The molecule has 0 saturated carbocycles. The number of halogens is 1. The number of fused-ring (bicyclic) bond motifs is 1. The Balaban J connectivity index is 1.67. The number of carbonyl (C=O) groups excluding carboxylic acids is 2. The number of benzene rings is 2. The number of nitrogens with one attached hydrogen (secondary N) is 2. The van der Waals surface area contributed by atoms with Crippen LogP contribution in [0.25, 0.3) is 0 Å². The first-order chi connectivity index (χ1) is 16.8. The minimum Gasteiger partial charge on any atom is -0.495 e. The number of hydrogen-bond acceptors (Lipinski definition) is 6. The molecule has 1 fully saturated rings. The van der Waals surface area contributed by atoms with E-state index in [0.717, 1.165) is 5.56 Å². The Labute approximate surface area is 203 Å². The zero-order chi connectivity index (χ0) is 25.2. The second-order valence-corrected chi connectivity index (χ2v) is 9.09. The van der Waals surface area contributed by atoms with E-state index in [2.05, 4.69) is 10.6 Å². The van der Waals surface area contributed by atoms with Crippen molar-refractivity contribution < 1.29 is 33.3 Å². The van der Waals surface area contributed by atoms with E-state index in [-0.39, 0.29) is 18.1 Å². The van der Waals surface area contributed by atoms with Crippen LogP contribution >= 0.6 is 0 Å². The molecule has 2 aliphatic rings. The molecule has 2 aromatic carbocycles. The van der Waals surface area contributed by atoms with Gasteiger partial charge in [-0.1, -0.05) is 6.07 Å². The summed E-state index contributed by atoms with van der Waals surface area (Å²) < 4.78 is 31.4. The smallest absolute Gasteiger partial charge is 0.255 e. The van der Waals surface area contributed by atoms with Crippen molar-refractivity contribution in [1.82, 2.24) is 10.6 Å². The molecule has 0 radical (unpaired) electrons. The Hall–Kier alpha value is -3.17. The van der Waals surface area contributed by atoms with Gasteiger partial charge >= 0.3 is 0 Å². The molecule has 0 spiro atoms. The highest BCUT2D eigenvalue weighted by molar-refractivity contribution is 5.99. The largest absolute Gasteiger partial charge is 0.495 e. The Morgan fingerprint density at radius 2 is 2.03 bits per heavy atom. The second kappa shape index (κ2) is 10.2. The molecule has 4 rings (SSSR count). The molecule has 2 aliphatic heterocycles. The van der Waals surface area contributed by atoms with E-state index >= 15 is 0 Å².